The predicted molar refractivity (Wildman–Crippen MR) is 141 cm³/mol. The number of alkyl halides is 1. The first kappa shape index (κ1) is 29.8. The molecule has 1 unspecified atom stereocenters. The van der Waals surface area contributed by atoms with Crippen molar-refractivity contribution in [3.8, 4) is 11.5 Å². The van der Waals surface area contributed by atoms with Crippen LogP contribution in [-0.2, 0) is 10.2 Å². The summed E-state index contributed by atoms with van der Waals surface area (Å²) in [6, 6.07) is 7.43. The van der Waals surface area contributed by atoms with Crippen LogP contribution in [0.5, 0.6) is 11.5 Å². The highest BCUT2D eigenvalue weighted by molar-refractivity contribution is 8.93. The van der Waals surface area contributed by atoms with E-state index in [9.17, 15) is 14.4 Å². The van der Waals surface area contributed by atoms with Crippen molar-refractivity contribution < 1.29 is 33.4 Å². The van der Waals surface area contributed by atoms with Crippen LogP contribution in [0.1, 0.15) is 71.4 Å². The highest BCUT2D eigenvalue weighted by Crippen LogP contribution is 2.39. The molecule has 0 fully saturated rings. The second kappa shape index (κ2) is 11.7. The monoisotopic (exact) mass is 579 g/mol. The zero-order valence-corrected chi connectivity index (χ0v) is 23.0. The number of aliphatic carboxylic acids is 1. The number of hydrogen-bond acceptors (Lipinski definition) is 6. The summed E-state index contributed by atoms with van der Waals surface area (Å²) in [4.78, 5) is 37.4. The Morgan fingerprint density at radius 2 is 1.81 bits per heavy atom. The molecule has 3 rings (SSSR count). The Balaban J connectivity index is 0.00000481. The molecule has 2 aromatic carbocycles. The standard InChI is InChI=1S/C26H30FN3O6.BrH/c1-6-35-21-11-15-16(10-17(21)25(34)29-5)24(28)30(23(15)27)12-19(31)14-7-8-20(36-13-22(32)33)18(9-14)26(2,3)4;/h7-11,23,28H,6,12-13H2,1-5H3,(H,29,34)(H,32,33);1H. The third-order valence-electron chi connectivity index (χ3n) is 5.77. The minimum atomic E-state index is -1.77. The molecule has 3 N–H and O–H groups in total. The Morgan fingerprint density at radius 3 is 2.38 bits per heavy atom. The molecule has 9 nitrogen and oxygen atoms in total. The third kappa shape index (κ3) is 6.27. The molecule has 200 valence electrons. The number of carboxylic acid groups (broad SMARTS) is 1. The van der Waals surface area contributed by atoms with Crippen LogP contribution >= 0.6 is 17.0 Å². The number of amidine groups is 1. The molecule has 2 aromatic rings. The van der Waals surface area contributed by atoms with Gasteiger partial charge in [-0.2, -0.15) is 0 Å². The predicted octanol–water partition coefficient (Wildman–Crippen LogP) is 4.28. The Labute approximate surface area is 225 Å². The van der Waals surface area contributed by atoms with Crippen LogP contribution in [-0.4, -0.2) is 60.3 Å². The molecular weight excluding hydrogens is 549 g/mol. The van der Waals surface area contributed by atoms with Gasteiger partial charge < -0.3 is 24.8 Å². The zero-order valence-electron chi connectivity index (χ0n) is 21.3. The SMILES string of the molecule is Br.CCOc1cc2c(cc1C(=O)NC)C(=N)N(CC(=O)c1ccc(OCC(=O)O)c(C(C)(C)C)c1)C2F. The molecular formula is C26H31BrFN3O6. The Hall–Kier alpha value is -3.47. The first-order valence-electron chi connectivity index (χ1n) is 11.4. The van der Waals surface area contributed by atoms with Crippen molar-refractivity contribution in [2.75, 3.05) is 26.8 Å². The molecule has 0 aromatic heterocycles. The van der Waals surface area contributed by atoms with Gasteiger partial charge in [0.25, 0.3) is 5.91 Å². The second-order valence-electron chi connectivity index (χ2n) is 9.33. The largest absolute Gasteiger partial charge is 0.493 e. The summed E-state index contributed by atoms with van der Waals surface area (Å²) in [6.07, 6.45) is -1.77. The lowest BCUT2D eigenvalue weighted by atomic mass is 9.85. The number of benzene rings is 2. The molecule has 1 heterocycles. The zero-order chi connectivity index (χ0) is 26.8. The lowest BCUT2D eigenvalue weighted by molar-refractivity contribution is -0.139. The van der Waals surface area contributed by atoms with Gasteiger partial charge in [0.2, 0.25) is 6.30 Å². The van der Waals surface area contributed by atoms with E-state index in [0.717, 1.165) is 4.90 Å². The van der Waals surface area contributed by atoms with Crippen LogP contribution < -0.4 is 14.8 Å². The summed E-state index contributed by atoms with van der Waals surface area (Å²) in [5.41, 5.74) is 0.981. The summed E-state index contributed by atoms with van der Waals surface area (Å²) < 4.78 is 26.3. The van der Waals surface area contributed by atoms with Crippen LogP contribution in [0.15, 0.2) is 30.3 Å². The van der Waals surface area contributed by atoms with Gasteiger partial charge >= 0.3 is 5.97 Å². The first-order chi connectivity index (χ1) is 16.9. The molecule has 11 heteroatoms. The number of Topliss-reactive ketones (excluding diaryl/α,β-unsaturated/α-hetero) is 1. The smallest absolute Gasteiger partial charge is 0.341 e. The summed E-state index contributed by atoms with van der Waals surface area (Å²) in [7, 11) is 1.46. The second-order valence-corrected chi connectivity index (χ2v) is 9.33. The number of ketones is 1. The number of nitrogens with one attached hydrogen (secondary N) is 2. The number of fused-ring (bicyclic) bond motifs is 1. The molecule has 0 saturated carbocycles. The molecule has 0 spiro atoms. The average molecular weight is 580 g/mol. The maximum Gasteiger partial charge on any atom is 0.341 e. The number of rotatable bonds is 9. The van der Waals surface area contributed by atoms with E-state index in [1.807, 2.05) is 20.8 Å². The highest BCUT2D eigenvalue weighted by Gasteiger charge is 2.37. The average Bonchev–Trinajstić information content (AvgIpc) is 3.05. The van der Waals surface area contributed by atoms with E-state index in [1.54, 1.807) is 13.0 Å². The van der Waals surface area contributed by atoms with E-state index in [0.29, 0.717) is 11.3 Å². The fourth-order valence-electron chi connectivity index (χ4n) is 3.98. The van der Waals surface area contributed by atoms with Crippen molar-refractivity contribution >= 4 is 40.5 Å². The van der Waals surface area contributed by atoms with Gasteiger partial charge in [0, 0.05) is 29.3 Å². The number of nitrogens with zero attached hydrogens (tertiary/aromatic N) is 1. The van der Waals surface area contributed by atoms with Crippen LogP contribution in [0.4, 0.5) is 4.39 Å². The summed E-state index contributed by atoms with van der Waals surface area (Å²) in [6.45, 7) is 6.77. The Bertz CT molecular complexity index is 1230. The molecule has 0 aliphatic carbocycles. The van der Waals surface area contributed by atoms with Gasteiger partial charge in [0.15, 0.2) is 12.4 Å². The van der Waals surface area contributed by atoms with Gasteiger partial charge in [-0.25, -0.2) is 9.18 Å². The van der Waals surface area contributed by atoms with Crippen LogP contribution in [0.25, 0.3) is 0 Å². The topological polar surface area (TPSA) is 129 Å². The molecule has 0 bridgehead atoms. The van der Waals surface area contributed by atoms with E-state index in [4.69, 9.17) is 20.0 Å². The number of hydrogen-bond donors (Lipinski definition) is 3. The summed E-state index contributed by atoms with van der Waals surface area (Å²) >= 11 is 0. The molecule has 37 heavy (non-hydrogen) atoms. The van der Waals surface area contributed by atoms with Crippen LogP contribution in [0, 0.1) is 5.41 Å². The van der Waals surface area contributed by atoms with E-state index in [-0.39, 0.29) is 57.4 Å². The summed E-state index contributed by atoms with van der Waals surface area (Å²) in [5.74, 6) is -1.65. The summed E-state index contributed by atoms with van der Waals surface area (Å²) in [5, 5.41) is 19.9. The number of ether oxygens (including phenoxy) is 2. The first-order valence-corrected chi connectivity index (χ1v) is 11.4. The molecule has 0 saturated heterocycles. The van der Waals surface area contributed by atoms with Crippen molar-refractivity contribution in [2.24, 2.45) is 0 Å². The van der Waals surface area contributed by atoms with Gasteiger partial charge in [-0.15, -0.1) is 17.0 Å². The molecule has 1 aliphatic rings. The van der Waals surface area contributed by atoms with Gasteiger partial charge in [-0.05, 0) is 42.7 Å². The quantitative estimate of drug-likeness (QED) is 0.298. The fraction of sp³-hybridized carbons (Fsp3) is 0.385. The van der Waals surface area contributed by atoms with Crippen molar-refractivity contribution in [3.63, 3.8) is 0 Å². The van der Waals surface area contributed by atoms with E-state index >= 15 is 4.39 Å². The fourth-order valence-corrected chi connectivity index (χ4v) is 3.98. The molecule has 1 amide bonds. The highest BCUT2D eigenvalue weighted by atomic mass is 79.9. The number of halogens is 2. The van der Waals surface area contributed by atoms with E-state index in [2.05, 4.69) is 5.32 Å². The van der Waals surface area contributed by atoms with Crippen molar-refractivity contribution in [3.05, 3.63) is 58.1 Å². The van der Waals surface area contributed by atoms with Gasteiger partial charge in [-0.3, -0.25) is 15.0 Å². The van der Waals surface area contributed by atoms with Crippen molar-refractivity contribution in [1.29, 1.82) is 5.41 Å². The van der Waals surface area contributed by atoms with E-state index in [1.165, 1.54) is 31.3 Å². The van der Waals surface area contributed by atoms with Crippen molar-refractivity contribution in [1.82, 2.24) is 10.2 Å². The minimum absolute atomic E-state index is 0. The van der Waals surface area contributed by atoms with Gasteiger partial charge in [0.1, 0.15) is 17.3 Å². The Kier molecular flexibility index (Phi) is 9.43. The van der Waals surface area contributed by atoms with Gasteiger partial charge in [-0.1, -0.05) is 20.8 Å². The molecule has 0 radical (unpaired) electrons. The number of carbonyl (C=O) groups is 3. The molecule has 1 aliphatic heterocycles. The normalized spacial score (nSPS) is 14.5. The maximum absolute atomic E-state index is 15.5. The molecule has 1 atom stereocenters. The lowest BCUT2D eigenvalue weighted by Gasteiger charge is -2.24. The van der Waals surface area contributed by atoms with Crippen LogP contribution in [0.3, 0.4) is 0 Å². The van der Waals surface area contributed by atoms with Gasteiger partial charge in [0.05, 0.1) is 18.7 Å². The maximum atomic E-state index is 15.5. The number of carboxylic acids is 1. The number of carbonyl (C=O) groups excluding carboxylic acids is 2. The third-order valence-corrected chi connectivity index (χ3v) is 5.77. The van der Waals surface area contributed by atoms with E-state index < -0.39 is 42.5 Å². The lowest BCUT2D eigenvalue weighted by Crippen LogP contribution is -2.32. The van der Waals surface area contributed by atoms with Crippen molar-refractivity contribution in [2.45, 2.75) is 39.4 Å². The minimum Gasteiger partial charge on any atom is -0.493 e. The number of amides is 1. The Morgan fingerprint density at radius 1 is 1.14 bits per heavy atom. The van der Waals surface area contributed by atoms with Crippen LogP contribution in [0.2, 0.25) is 0 Å².